The van der Waals surface area contributed by atoms with Gasteiger partial charge in [0.15, 0.2) is 0 Å². The minimum absolute atomic E-state index is 0.511. The van der Waals surface area contributed by atoms with E-state index in [1.54, 1.807) is 13.1 Å². The molecule has 1 unspecified atom stereocenters. The van der Waals surface area contributed by atoms with Crippen molar-refractivity contribution in [1.29, 1.82) is 0 Å². The second-order valence-electron chi connectivity index (χ2n) is 3.14. The number of carbonyl (C=O) groups excluding carboxylic acids is 3. The molecule has 1 aliphatic heterocycles. The van der Waals surface area contributed by atoms with Gasteiger partial charge in [-0.2, -0.15) is 5.10 Å². The fourth-order valence-electron chi connectivity index (χ4n) is 1.40. The summed E-state index contributed by atoms with van der Waals surface area (Å²) in [5.41, 5.74) is 0.660. The zero-order valence-electron chi connectivity index (χ0n) is 7.85. The van der Waals surface area contributed by atoms with Crippen molar-refractivity contribution in [2.24, 2.45) is 0 Å². The molecule has 1 aromatic rings. The maximum Gasteiger partial charge on any atom is 0.332 e. The van der Waals surface area contributed by atoms with Crippen LogP contribution in [0.1, 0.15) is 18.5 Å². The molecule has 1 aliphatic rings. The van der Waals surface area contributed by atoms with Crippen molar-refractivity contribution < 1.29 is 14.4 Å². The molecule has 0 radical (unpaired) electrons. The smallest absolute Gasteiger partial charge is 0.285 e. The van der Waals surface area contributed by atoms with Crippen LogP contribution in [0, 0.1) is 0 Å². The number of urea groups is 1. The van der Waals surface area contributed by atoms with Crippen molar-refractivity contribution in [3.8, 4) is 0 Å². The summed E-state index contributed by atoms with van der Waals surface area (Å²) in [6, 6.07) is -1.21. The van der Waals surface area contributed by atoms with Gasteiger partial charge in [0.1, 0.15) is 0 Å². The molecule has 0 aromatic carbocycles. The summed E-state index contributed by atoms with van der Waals surface area (Å²) in [4.78, 5) is 34.4. The lowest BCUT2D eigenvalue weighted by Gasteiger charge is -2.18. The van der Waals surface area contributed by atoms with Gasteiger partial charge in [0, 0.05) is 11.8 Å². The number of nitrogens with zero attached hydrogens (tertiary/aromatic N) is 2. The number of carbonyl (C=O) groups is 3. The first-order valence-electron chi connectivity index (χ1n) is 4.28. The zero-order valence-corrected chi connectivity index (χ0v) is 7.85. The fraction of sp³-hybridized carbons (Fsp3) is 0.250. The predicted octanol–water partition coefficient (Wildman–Crippen LogP) is -0.451. The number of imide groups is 2. The first-order valence-corrected chi connectivity index (χ1v) is 4.28. The first kappa shape index (κ1) is 9.38. The molecule has 2 rings (SSSR count). The summed E-state index contributed by atoms with van der Waals surface area (Å²) in [5.74, 6) is -1.73. The minimum Gasteiger partial charge on any atom is -0.285 e. The molecule has 7 heteroatoms. The van der Waals surface area contributed by atoms with E-state index in [0.717, 1.165) is 4.90 Å². The first-order chi connectivity index (χ1) is 7.11. The third-order valence-electron chi connectivity index (χ3n) is 2.24. The number of aromatic amines is 1. The molecule has 78 valence electrons. The van der Waals surface area contributed by atoms with Crippen molar-refractivity contribution in [3.05, 3.63) is 18.0 Å². The van der Waals surface area contributed by atoms with Gasteiger partial charge in [-0.25, -0.2) is 9.69 Å². The van der Waals surface area contributed by atoms with Crippen LogP contribution in [0.25, 0.3) is 0 Å². The maximum atomic E-state index is 11.3. The standard InChI is InChI=1S/C8H8N4O3/c1-4(5-2-9-10-3-5)12-7(14)6(13)11-8(12)15/h2-4H,1H3,(H,9,10)(H,11,13,15). The van der Waals surface area contributed by atoms with Gasteiger partial charge < -0.3 is 0 Å². The van der Waals surface area contributed by atoms with Crippen LogP contribution in [0.2, 0.25) is 0 Å². The number of nitrogens with one attached hydrogen (secondary N) is 2. The highest BCUT2D eigenvalue weighted by atomic mass is 16.2. The zero-order chi connectivity index (χ0) is 11.0. The van der Waals surface area contributed by atoms with E-state index in [4.69, 9.17) is 0 Å². The molecule has 2 N–H and O–H groups in total. The fourth-order valence-corrected chi connectivity index (χ4v) is 1.40. The number of amides is 4. The normalized spacial score (nSPS) is 18.2. The summed E-state index contributed by atoms with van der Waals surface area (Å²) in [6.45, 7) is 1.64. The van der Waals surface area contributed by atoms with E-state index in [1.165, 1.54) is 6.20 Å². The van der Waals surface area contributed by atoms with Crippen molar-refractivity contribution in [3.63, 3.8) is 0 Å². The predicted molar refractivity (Wildman–Crippen MR) is 47.4 cm³/mol. The molecule has 15 heavy (non-hydrogen) atoms. The van der Waals surface area contributed by atoms with Crippen molar-refractivity contribution in [1.82, 2.24) is 20.4 Å². The van der Waals surface area contributed by atoms with Gasteiger partial charge in [-0.15, -0.1) is 0 Å². The highest BCUT2D eigenvalue weighted by Gasteiger charge is 2.40. The van der Waals surface area contributed by atoms with E-state index in [9.17, 15) is 14.4 Å². The lowest BCUT2D eigenvalue weighted by atomic mass is 10.1. The summed E-state index contributed by atoms with van der Waals surface area (Å²) in [7, 11) is 0. The molecular weight excluding hydrogens is 200 g/mol. The number of hydrogen-bond acceptors (Lipinski definition) is 4. The molecule has 0 spiro atoms. The average Bonchev–Trinajstić information content (AvgIpc) is 2.76. The molecule has 1 atom stereocenters. The van der Waals surface area contributed by atoms with Gasteiger partial charge in [-0.3, -0.25) is 20.0 Å². The van der Waals surface area contributed by atoms with Crippen LogP contribution < -0.4 is 5.32 Å². The summed E-state index contributed by atoms with van der Waals surface area (Å²) in [6.07, 6.45) is 3.06. The largest absolute Gasteiger partial charge is 0.332 e. The topological polar surface area (TPSA) is 95.2 Å². The van der Waals surface area contributed by atoms with Crippen molar-refractivity contribution in [2.75, 3.05) is 0 Å². The molecule has 2 heterocycles. The van der Waals surface area contributed by atoms with Crippen LogP contribution in [-0.2, 0) is 9.59 Å². The molecule has 1 saturated heterocycles. The molecule has 1 fully saturated rings. The number of rotatable bonds is 2. The number of H-pyrrole nitrogens is 1. The van der Waals surface area contributed by atoms with Crippen molar-refractivity contribution in [2.45, 2.75) is 13.0 Å². The third kappa shape index (κ3) is 1.37. The summed E-state index contributed by atoms with van der Waals surface area (Å²) >= 11 is 0. The van der Waals surface area contributed by atoms with Crippen LogP contribution in [0.5, 0.6) is 0 Å². The van der Waals surface area contributed by atoms with Gasteiger partial charge in [-0.1, -0.05) is 0 Å². The lowest BCUT2D eigenvalue weighted by Crippen LogP contribution is -2.33. The van der Waals surface area contributed by atoms with E-state index < -0.39 is 23.9 Å². The maximum absolute atomic E-state index is 11.3. The van der Waals surface area contributed by atoms with Crippen LogP contribution in [-0.4, -0.2) is 32.9 Å². The Morgan fingerprint density at radius 3 is 2.60 bits per heavy atom. The van der Waals surface area contributed by atoms with Gasteiger partial charge in [0.2, 0.25) is 0 Å². The molecule has 0 aliphatic carbocycles. The monoisotopic (exact) mass is 208 g/mol. The Labute approximate surface area is 84.4 Å². The Balaban J connectivity index is 2.28. The second-order valence-corrected chi connectivity index (χ2v) is 3.14. The third-order valence-corrected chi connectivity index (χ3v) is 2.24. The van der Waals surface area contributed by atoms with Crippen molar-refractivity contribution >= 4 is 17.8 Å². The SMILES string of the molecule is CC(c1cn[nH]c1)N1C(=O)NC(=O)C1=O. The Morgan fingerprint density at radius 2 is 2.13 bits per heavy atom. The minimum atomic E-state index is -0.893. The van der Waals surface area contributed by atoms with Crippen LogP contribution in [0.4, 0.5) is 4.79 Å². The lowest BCUT2D eigenvalue weighted by molar-refractivity contribution is -0.141. The highest BCUT2D eigenvalue weighted by molar-refractivity contribution is 6.44. The quantitative estimate of drug-likeness (QED) is 0.508. The van der Waals surface area contributed by atoms with Crippen LogP contribution >= 0.6 is 0 Å². The molecular formula is C8H8N4O3. The van der Waals surface area contributed by atoms with Crippen LogP contribution in [0.3, 0.4) is 0 Å². The Morgan fingerprint density at radius 1 is 1.40 bits per heavy atom. The van der Waals surface area contributed by atoms with E-state index >= 15 is 0 Å². The van der Waals surface area contributed by atoms with E-state index in [1.807, 2.05) is 5.32 Å². The van der Waals surface area contributed by atoms with Gasteiger partial charge in [0.05, 0.1) is 12.2 Å². The Bertz CT molecular complexity index is 425. The van der Waals surface area contributed by atoms with Gasteiger partial charge in [-0.05, 0) is 6.92 Å². The van der Waals surface area contributed by atoms with E-state index in [-0.39, 0.29) is 0 Å². The summed E-state index contributed by atoms with van der Waals surface area (Å²) < 4.78 is 0. The van der Waals surface area contributed by atoms with Crippen LogP contribution in [0.15, 0.2) is 12.4 Å². The molecule has 0 saturated carbocycles. The second kappa shape index (κ2) is 3.19. The molecule has 1 aromatic heterocycles. The van der Waals surface area contributed by atoms with E-state index in [2.05, 4.69) is 10.2 Å². The highest BCUT2D eigenvalue weighted by Crippen LogP contribution is 2.21. The molecule has 4 amide bonds. The molecule has 0 bridgehead atoms. The number of hydrogen-bond donors (Lipinski definition) is 2. The van der Waals surface area contributed by atoms with E-state index in [0.29, 0.717) is 5.56 Å². The average molecular weight is 208 g/mol. The van der Waals surface area contributed by atoms with Gasteiger partial charge in [0.25, 0.3) is 0 Å². The molecule has 7 nitrogen and oxygen atoms in total. The Hall–Kier alpha value is -2.18. The number of aromatic nitrogens is 2. The summed E-state index contributed by atoms with van der Waals surface area (Å²) in [5, 5.41) is 8.20. The van der Waals surface area contributed by atoms with Gasteiger partial charge >= 0.3 is 17.8 Å². The Kier molecular flexibility index (Phi) is 2.00.